The van der Waals surface area contributed by atoms with Crippen LogP contribution in [0.15, 0.2) is 24.3 Å². The van der Waals surface area contributed by atoms with E-state index in [0.29, 0.717) is 6.04 Å². The van der Waals surface area contributed by atoms with Gasteiger partial charge in [-0.1, -0.05) is 25.0 Å². The molecule has 1 atom stereocenters. The first-order valence-electron chi connectivity index (χ1n) is 5.72. The van der Waals surface area contributed by atoms with Crippen LogP contribution in [0.4, 0.5) is 4.39 Å². The first kappa shape index (κ1) is 10.6. The molecule has 0 aliphatic heterocycles. The van der Waals surface area contributed by atoms with Crippen LogP contribution in [0.5, 0.6) is 0 Å². The number of hydrogen-bond acceptors (Lipinski definition) is 1. The van der Waals surface area contributed by atoms with Crippen LogP contribution in [0.3, 0.4) is 0 Å². The molecule has 1 fully saturated rings. The Morgan fingerprint density at radius 2 is 2.27 bits per heavy atom. The maximum absolute atomic E-state index is 13.0. The van der Waals surface area contributed by atoms with Gasteiger partial charge in [-0.15, -0.1) is 0 Å². The topological polar surface area (TPSA) is 12.0 Å². The van der Waals surface area contributed by atoms with Crippen molar-refractivity contribution in [3.63, 3.8) is 0 Å². The molecule has 1 aliphatic rings. The van der Waals surface area contributed by atoms with Crippen LogP contribution < -0.4 is 5.32 Å². The highest BCUT2D eigenvalue weighted by molar-refractivity contribution is 5.20. The number of hydrogen-bond donors (Lipinski definition) is 1. The Bertz CT molecular complexity index is 320. The Kier molecular flexibility index (Phi) is 3.37. The summed E-state index contributed by atoms with van der Waals surface area (Å²) < 4.78 is 13.0. The Labute approximate surface area is 90.7 Å². The predicted molar refractivity (Wildman–Crippen MR) is 60.2 cm³/mol. The normalized spacial score (nSPS) is 17.7. The van der Waals surface area contributed by atoms with Crippen molar-refractivity contribution in [2.75, 3.05) is 7.05 Å². The second-order valence-corrected chi connectivity index (χ2v) is 4.42. The van der Waals surface area contributed by atoms with Crippen LogP contribution in [-0.2, 0) is 0 Å². The third-order valence-corrected chi connectivity index (χ3v) is 3.16. The Morgan fingerprint density at radius 3 is 2.87 bits per heavy atom. The number of nitrogens with one attached hydrogen (secondary N) is 1. The molecule has 0 spiro atoms. The average molecular weight is 207 g/mol. The standard InChI is InChI=1S/C13H18FN/c1-15-13(8-7-10-5-6-10)11-3-2-4-12(14)9-11/h2-4,9-10,13,15H,5-8H2,1H3. The minimum Gasteiger partial charge on any atom is -0.313 e. The summed E-state index contributed by atoms with van der Waals surface area (Å²) in [7, 11) is 1.95. The highest BCUT2D eigenvalue weighted by Gasteiger charge is 2.22. The summed E-state index contributed by atoms with van der Waals surface area (Å²) in [4.78, 5) is 0. The molecule has 0 saturated heterocycles. The molecule has 1 N–H and O–H groups in total. The summed E-state index contributed by atoms with van der Waals surface area (Å²) in [5.74, 6) is 0.800. The van der Waals surface area contributed by atoms with Crippen molar-refractivity contribution < 1.29 is 4.39 Å². The van der Waals surface area contributed by atoms with Gasteiger partial charge >= 0.3 is 0 Å². The molecule has 0 bridgehead atoms. The van der Waals surface area contributed by atoms with E-state index in [4.69, 9.17) is 0 Å². The van der Waals surface area contributed by atoms with Gasteiger partial charge in [-0.25, -0.2) is 4.39 Å². The van der Waals surface area contributed by atoms with E-state index in [-0.39, 0.29) is 5.82 Å². The summed E-state index contributed by atoms with van der Waals surface area (Å²) in [6, 6.07) is 7.22. The lowest BCUT2D eigenvalue weighted by Gasteiger charge is -2.16. The molecule has 0 heterocycles. The maximum Gasteiger partial charge on any atom is 0.123 e. The van der Waals surface area contributed by atoms with Crippen molar-refractivity contribution in [1.82, 2.24) is 5.32 Å². The van der Waals surface area contributed by atoms with E-state index >= 15 is 0 Å². The zero-order valence-electron chi connectivity index (χ0n) is 9.17. The summed E-state index contributed by atoms with van der Waals surface area (Å²) in [5, 5.41) is 3.26. The molecule has 2 heteroatoms. The fourth-order valence-corrected chi connectivity index (χ4v) is 2.01. The SMILES string of the molecule is CNC(CCC1CC1)c1cccc(F)c1. The van der Waals surface area contributed by atoms with Gasteiger partial charge in [-0.3, -0.25) is 0 Å². The lowest BCUT2D eigenvalue weighted by molar-refractivity contribution is 0.503. The summed E-state index contributed by atoms with van der Waals surface area (Å²) >= 11 is 0. The van der Waals surface area contributed by atoms with Gasteiger partial charge < -0.3 is 5.32 Å². The summed E-state index contributed by atoms with van der Waals surface area (Å²) in [6.07, 6.45) is 5.16. The lowest BCUT2D eigenvalue weighted by atomic mass is 10.0. The first-order valence-corrected chi connectivity index (χ1v) is 5.72. The molecule has 1 nitrogen and oxygen atoms in total. The molecule has 0 amide bonds. The first-order chi connectivity index (χ1) is 7.29. The number of rotatable bonds is 5. The van der Waals surface area contributed by atoms with Crippen LogP contribution in [-0.4, -0.2) is 7.05 Å². The molecule has 2 rings (SSSR count). The Hall–Kier alpha value is -0.890. The van der Waals surface area contributed by atoms with Gasteiger partial charge in [-0.05, 0) is 43.5 Å². The van der Waals surface area contributed by atoms with E-state index in [0.717, 1.165) is 17.9 Å². The van der Waals surface area contributed by atoms with Gasteiger partial charge in [0.05, 0.1) is 0 Å². The Morgan fingerprint density at radius 1 is 1.47 bits per heavy atom. The number of benzene rings is 1. The second kappa shape index (κ2) is 4.75. The third kappa shape index (κ3) is 3.03. The summed E-state index contributed by atoms with van der Waals surface area (Å²) in [5.41, 5.74) is 1.07. The molecule has 0 aromatic heterocycles. The molecule has 1 saturated carbocycles. The van der Waals surface area contributed by atoms with Crippen molar-refractivity contribution in [1.29, 1.82) is 0 Å². The fourth-order valence-electron chi connectivity index (χ4n) is 2.01. The maximum atomic E-state index is 13.0. The van der Waals surface area contributed by atoms with Crippen molar-refractivity contribution >= 4 is 0 Å². The monoisotopic (exact) mass is 207 g/mol. The largest absolute Gasteiger partial charge is 0.313 e. The van der Waals surface area contributed by atoms with Crippen molar-refractivity contribution in [3.05, 3.63) is 35.6 Å². The van der Waals surface area contributed by atoms with Crippen LogP contribution >= 0.6 is 0 Å². The molecule has 15 heavy (non-hydrogen) atoms. The van der Waals surface area contributed by atoms with Gasteiger partial charge in [-0.2, -0.15) is 0 Å². The highest BCUT2D eigenvalue weighted by atomic mass is 19.1. The lowest BCUT2D eigenvalue weighted by Crippen LogP contribution is -2.16. The predicted octanol–water partition coefficient (Wildman–Crippen LogP) is 3.28. The van der Waals surface area contributed by atoms with Crippen LogP contribution in [0.1, 0.15) is 37.3 Å². The number of halogens is 1. The van der Waals surface area contributed by atoms with Gasteiger partial charge in [0.1, 0.15) is 5.82 Å². The summed E-state index contributed by atoms with van der Waals surface area (Å²) in [6.45, 7) is 0. The molecule has 82 valence electrons. The zero-order valence-corrected chi connectivity index (χ0v) is 9.17. The van der Waals surface area contributed by atoms with E-state index in [1.54, 1.807) is 12.1 Å². The smallest absolute Gasteiger partial charge is 0.123 e. The van der Waals surface area contributed by atoms with E-state index in [9.17, 15) is 4.39 Å². The van der Waals surface area contributed by atoms with E-state index in [2.05, 4.69) is 5.32 Å². The molecule has 1 unspecified atom stereocenters. The van der Waals surface area contributed by atoms with Gasteiger partial charge in [0.25, 0.3) is 0 Å². The minimum absolute atomic E-state index is 0.140. The highest BCUT2D eigenvalue weighted by Crippen LogP contribution is 2.35. The second-order valence-electron chi connectivity index (χ2n) is 4.42. The van der Waals surface area contributed by atoms with Gasteiger partial charge in [0, 0.05) is 6.04 Å². The van der Waals surface area contributed by atoms with Crippen LogP contribution in [0.25, 0.3) is 0 Å². The van der Waals surface area contributed by atoms with Gasteiger partial charge in [0.15, 0.2) is 0 Å². The van der Waals surface area contributed by atoms with Crippen molar-refractivity contribution in [2.24, 2.45) is 5.92 Å². The van der Waals surface area contributed by atoms with Crippen LogP contribution in [0.2, 0.25) is 0 Å². The average Bonchev–Trinajstić information content (AvgIpc) is 3.03. The van der Waals surface area contributed by atoms with E-state index < -0.39 is 0 Å². The van der Waals surface area contributed by atoms with Crippen molar-refractivity contribution in [2.45, 2.75) is 31.7 Å². The van der Waals surface area contributed by atoms with E-state index in [1.165, 1.54) is 25.3 Å². The zero-order chi connectivity index (χ0) is 10.7. The molecule has 1 aromatic carbocycles. The molecular weight excluding hydrogens is 189 g/mol. The third-order valence-electron chi connectivity index (χ3n) is 3.16. The van der Waals surface area contributed by atoms with E-state index in [1.807, 2.05) is 13.1 Å². The molecular formula is C13H18FN. The quantitative estimate of drug-likeness (QED) is 0.781. The van der Waals surface area contributed by atoms with Crippen molar-refractivity contribution in [3.8, 4) is 0 Å². The van der Waals surface area contributed by atoms with Gasteiger partial charge in [0.2, 0.25) is 0 Å². The minimum atomic E-state index is -0.140. The fraction of sp³-hybridized carbons (Fsp3) is 0.538. The Balaban J connectivity index is 1.97. The molecule has 1 aromatic rings. The molecule has 1 aliphatic carbocycles. The van der Waals surface area contributed by atoms with Crippen LogP contribution in [0, 0.1) is 11.7 Å². The molecule has 0 radical (unpaired) electrons.